The second-order valence-electron chi connectivity index (χ2n) is 8.61. The molecule has 4 rings (SSSR count). The second-order valence-corrected chi connectivity index (χ2v) is 10.8. The molecule has 1 aliphatic carbocycles. The largest absolute Gasteiger partial charge is 0.334 e. The van der Waals surface area contributed by atoms with Crippen molar-refractivity contribution < 1.29 is 22.8 Å². The molecule has 1 aromatic carbocycles. The highest BCUT2D eigenvalue weighted by Crippen LogP contribution is 2.31. The summed E-state index contributed by atoms with van der Waals surface area (Å²) in [6.45, 7) is 1.26. The van der Waals surface area contributed by atoms with Gasteiger partial charge >= 0.3 is 6.03 Å². The number of nitrogens with one attached hydrogen (secondary N) is 1. The van der Waals surface area contributed by atoms with Gasteiger partial charge in [0.25, 0.3) is 5.91 Å². The number of benzene rings is 1. The minimum atomic E-state index is -3.16. The molecule has 2 aliphatic heterocycles. The van der Waals surface area contributed by atoms with Gasteiger partial charge in [-0.25, -0.2) is 13.2 Å². The van der Waals surface area contributed by atoms with Gasteiger partial charge in [0.2, 0.25) is 5.91 Å². The molecule has 1 saturated carbocycles. The number of sulfone groups is 1. The highest BCUT2D eigenvalue weighted by molar-refractivity contribution is 7.91. The third kappa shape index (κ3) is 3.71. The number of imide groups is 1. The van der Waals surface area contributed by atoms with Crippen LogP contribution >= 0.6 is 0 Å². The van der Waals surface area contributed by atoms with Crippen molar-refractivity contribution in [2.75, 3.05) is 18.1 Å². The van der Waals surface area contributed by atoms with Gasteiger partial charge in [-0.3, -0.25) is 14.5 Å². The van der Waals surface area contributed by atoms with E-state index >= 15 is 0 Å². The summed E-state index contributed by atoms with van der Waals surface area (Å²) in [7, 11) is -3.16. The fourth-order valence-corrected chi connectivity index (χ4v) is 6.62. The van der Waals surface area contributed by atoms with Crippen molar-refractivity contribution in [3.05, 3.63) is 35.9 Å². The van der Waals surface area contributed by atoms with Crippen molar-refractivity contribution in [3.8, 4) is 0 Å². The lowest BCUT2D eigenvalue weighted by molar-refractivity contribution is -0.141. The summed E-state index contributed by atoms with van der Waals surface area (Å²) in [5.74, 6) is -0.803. The van der Waals surface area contributed by atoms with Gasteiger partial charge in [0, 0.05) is 12.1 Å². The molecule has 162 valence electrons. The van der Waals surface area contributed by atoms with E-state index in [1.54, 1.807) is 36.1 Å². The highest BCUT2D eigenvalue weighted by Gasteiger charge is 2.50. The topological polar surface area (TPSA) is 104 Å². The maximum Gasteiger partial charge on any atom is 0.325 e. The van der Waals surface area contributed by atoms with Crippen LogP contribution in [-0.2, 0) is 25.0 Å². The van der Waals surface area contributed by atoms with Crippen LogP contribution in [0.2, 0.25) is 0 Å². The standard InChI is InChI=1S/C21H27N3O5S/c1-21(15-7-3-2-4-8-15)19(26)23(20(27)22-21)13-18(25)24(16-9-5-6-10-16)17-11-12-30(28,29)14-17/h2-4,7-8,16-17H,5-6,9-14H2,1H3,(H,22,27)/t17-,21+/m0/s1. The minimum absolute atomic E-state index is 0.0305. The quantitative estimate of drug-likeness (QED) is 0.707. The van der Waals surface area contributed by atoms with Gasteiger partial charge in [0.1, 0.15) is 12.1 Å². The number of amides is 4. The first-order valence-corrected chi connectivity index (χ1v) is 12.2. The number of carbonyl (C=O) groups excluding carboxylic acids is 3. The van der Waals surface area contributed by atoms with Crippen LogP contribution in [-0.4, -0.2) is 66.2 Å². The van der Waals surface area contributed by atoms with Gasteiger partial charge in [-0.05, 0) is 31.7 Å². The molecular formula is C21H27N3O5S. The summed E-state index contributed by atoms with van der Waals surface area (Å²) in [6, 6.07) is 7.90. The average Bonchev–Trinajstić information content (AvgIpc) is 3.40. The van der Waals surface area contributed by atoms with E-state index in [0.29, 0.717) is 12.0 Å². The maximum absolute atomic E-state index is 13.3. The monoisotopic (exact) mass is 433 g/mol. The Hall–Kier alpha value is -2.42. The Morgan fingerprint density at radius 3 is 2.40 bits per heavy atom. The van der Waals surface area contributed by atoms with Crippen molar-refractivity contribution in [1.82, 2.24) is 15.1 Å². The first-order chi connectivity index (χ1) is 14.2. The van der Waals surface area contributed by atoms with Crippen LogP contribution in [0.4, 0.5) is 4.79 Å². The van der Waals surface area contributed by atoms with Gasteiger partial charge in [0.05, 0.1) is 11.5 Å². The number of hydrogen-bond donors (Lipinski definition) is 1. The molecule has 3 fully saturated rings. The van der Waals surface area contributed by atoms with E-state index in [4.69, 9.17) is 0 Å². The van der Waals surface area contributed by atoms with Crippen LogP contribution in [0.1, 0.15) is 44.6 Å². The molecule has 1 aromatic rings. The molecule has 4 amide bonds. The summed E-state index contributed by atoms with van der Waals surface area (Å²) in [6.07, 6.45) is 4.03. The molecular weight excluding hydrogens is 406 g/mol. The van der Waals surface area contributed by atoms with Crippen LogP contribution in [0.15, 0.2) is 30.3 Å². The normalized spacial score (nSPS) is 28.7. The average molecular weight is 434 g/mol. The number of nitrogens with zero attached hydrogens (tertiary/aromatic N) is 2. The highest BCUT2D eigenvalue weighted by atomic mass is 32.2. The third-order valence-electron chi connectivity index (χ3n) is 6.53. The fraction of sp³-hybridized carbons (Fsp3) is 0.571. The first-order valence-electron chi connectivity index (χ1n) is 10.4. The Bertz CT molecular complexity index is 958. The molecule has 1 N–H and O–H groups in total. The van der Waals surface area contributed by atoms with Crippen LogP contribution in [0, 0.1) is 0 Å². The fourth-order valence-electron chi connectivity index (χ4n) is 4.91. The van der Waals surface area contributed by atoms with Gasteiger partial charge in [0.15, 0.2) is 9.84 Å². The van der Waals surface area contributed by atoms with E-state index < -0.39 is 27.3 Å². The molecule has 0 aromatic heterocycles. The molecule has 2 heterocycles. The lowest BCUT2D eigenvalue weighted by Crippen LogP contribution is -2.51. The van der Waals surface area contributed by atoms with Crippen molar-refractivity contribution in [1.29, 1.82) is 0 Å². The zero-order valence-corrected chi connectivity index (χ0v) is 17.9. The lowest BCUT2D eigenvalue weighted by Gasteiger charge is -2.35. The molecule has 3 aliphatic rings. The molecule has 0 radical (unpaired) electrons. The van der Waals surface area contributed by atoms with Gasteiger partial charge < -0.3 is 10.2 Å². The second kappa shape index (κ2) is 7.68. The van der Waals surface area contributed by atoms with E-state index in [1.165, 1.54) is 0 Å². The lowest BCUT2D eigenvalue weighted by atomic mass is 9.92. The van der Waals surface area contributed by atoms with Crippen molar-refractivity contribution in [2.45, 2.75) is 56.7 Å². The van der Waals surface area contributed by atoms with Crippen LogP contribution in [0.5, 0.6) is 0 Å². The molecule has 0 bridgehead atoms. The predicted molar refractivity (Wildman–Crippen MR) is 110 cm³/mol. The van der Waals surface area contributed by atoms with Crippen molar-refractivity contribution in [2.24, 2.45) is 0 Å². The Morgan fingerprint density at radius 1 is 1.13 bits per heavy atom. The zero-order valence-electron chi connectivity index (χ0n) is 17.0. The van der Waals surface area contributed by atoms with Gasteiger partial charge in [-0.1, -0.05) is 43.2 Å². The summed E-state index contributed by atoms with van der Waals surface area (Å²) >= 11 is 0. The molecule has 0 unspecified atom stereocenters. The SMILES string of the molecule is C[C@]1(c2ccccc2)NC(=O)N(CC(=O)N(C2CCCC2)[C@H]2CCS(=O)(=O)C2)C1=O. The zero-order chi connectivity index (χ0) is 21.5. The number of urea groups is 1. The Balaban J connectivity index is 1.55. The van der Waals surface area contributed by atoms with Gasteiger partial charge in [-0.15, -0.1) is 0 Å². The van der Waals surface area contributed by atoms with Crippen LogP contribution < -0.4 is 5.32 Å². The smallest absolute Gasteiger partial charge is 0.325 e. The number of hydrogen-bond acceptors (Lipinski definition) is 5. The van der Waals surface area contributed by atoms with Gasteiger partial charge in [-0.2, -0.15) is 0 Å². The molecule has 0 spiro atoms. The Labute approximate surface area is 176 Å². The van der Waals surface area contributed by atoms with E-state index in [-0.39, 0.29) is 36.0 Å². The van der Waals surface area contributed by atoms with Crippen LogP contribution in [0.25, 0.3) is 0 Å². The predicted octanol–water partition coefficient (Wildman–Crippen LogP) is 1.41. The number of carbonyl (C=O) groups is 3. The van der Waals surface area contributed by atoms with E-state index in [9.17, 15) is 22.8 Å². The summed E-state index contributed by atoms with van der Waals surface area (Å²) in [5, 5.41) is 2.71. The minimum Gasteiger partial charge on any atom is -0.334 e. The van der Waals surface area contributed by atoms with E-state index in [2.05, 4.69) is 5.32 Å². The van der Waals surface area contributed by atoms with E-state index in [0.717, 1.165) is 30.6 Å². The van der Waals surface area contributed by atoms with E-state index in [1.807, 2.05) is 6.07 Å². The molecule has 30 heavy (non-hydrogen) atoms. The molecule has 8 nitrogen and oxygen atoms in total. The van der Waals surface area contributed by atoms with Crippen molar-refractivity contribution in [3.63, 3.8) is 0 Å². The first kappa shape index (κ1) is 20.8. The number of rotatable bonds is 5. The molecule has 9 heteroatoms. The Morgan fingerprint density at radius 2 is 1.80 bits per heavy atom. The maximum atomic E-state index is 13.3. The molecule has 2 saturated heterocycles. The molecule has 2 atom stereocenters. The van der Waals surface area contributed by atoms with Crippen LogP contribution in [0.3, 0.4) is 0 Å². The third-order valence-corrected chi connectivity index (χ3v) is 8.28. The summed E-state index contributed by atoms with van der Waals surface area (Å²) < 4.78 is 24.0. The summed E-state index contributed by atoms with van der Waals surface area (Å²) in [5.41, 5.74) is -0.583. The Kier molecular flexibility index (Phi) is 5.34. The summed E-state index contributed by atoms with van der Waals surface area (Å²) in [4.78, 5) is 41.6. The van der Waals surface area contributed by atoms with Crippen molar-refractivity contribution >= 4 is 27.7 Å².